The molecule has 0 aliphatic heterocycles. The highest BCUT2D eigenvalue weighted by atomic mass is 14.4. The number of nitrogens with zero attached hydrogens (tertiary/aromatic N) is 2. The molecule has 0 saturated heterocycles. The zero-order valence-corrected chi connectivity index (χ0v) is 8.87. The summed E-state index contributed by atoms with van der Waals surface area (Å²) >= 11 is 0. The average molecular weight is 190 g/mol. The van der Waals surface area contributed by atoms with Crippen LogP contribution in [0.5, 0.6) is 0 Å². The van der Waals surface area contributed by atoms with Crippen LogP contribution in [0.3, 0.4) is 0 Å². The Kier molecular flexibility index (Phi) is 4.47. The number of rotatable bonds is 4. The van der Waals surface area contributed by atoms with Crippen molar-refractivity contribution in [3.8, 4) is 12.1 Å². The number of nitriles is 2. The van der Waals surface area contributed by atoms with E-state index in [1.807, 2.05) is 0 Å². The number of hydrogen-bond donors (Lipinski definition) is 0. The molecule has 0 radical (unpaired) electrons. The van der Waals surface area contributed by atoms with E-state index in [2.05, 4.69) is 19.1 Å². The van der Waals surface area contributed by atoms with Crippen LogP contribution in [0, 0.1) is 40.4 Å². The van der Waals surface area contributed by atoms with Crippen molar-refractivity contribution in [3.63, 3.8) is 0 Å². The molecule has 1 saturated carbocycles. The maximum atomic E-state index is 8.77. The molecule has 14 heavy (non-hydrogen) atoms. The Morgan fingerprint density at radius 1 is 1.14 bits per heavy atom. The Bertz CT molecular complexity index is 246. The van der Waals surface area contributed by atoms with E-state index < -0.39 is 0 Å². The highest BCUT2D eigenvalue weighted by Gasteiger charge is 2.33. The second-order valence-corrected chi connectivity index (χ2v) is 4.23. The summed E-state index contributed by atoms with van der Waals surface area (Å²) in [6.07, 6.45) is 6.03. The molecule has 0 bridgehead atoms. The maximum absolute atomic E-state index is 8.77. The first-order valence-electron chi connectivity index (χ1n) is 5.57. The molecule has 0 heterocycles. The molecule has 1 fully saturated rings. The zero-order chi connectivity index (χ0) is 10.4. The molecule has 1 rings (SSSR count). The van der Waals surface area contributed by atoms with E-state index in [0.717, 1.165) is 12.3 Å². The standard InChI is InChI=1S/C12H18N2/c1-2-10-5-6-11(4-3-8-13)12(10)7-9-14/h10-12H,2-7H2,1H3. The van der Waals surface area contributed by atoms with Crippen molar-refractivity contribution < 1.29 is 0 Å². The molecule has 0 N–H and O–H groups in total. The summed E-state index contributed by atoms with van der Waals surface area (Å²) in [7, 11) is 0. The van der Waals surface area contributed by atoms with E-state index >= 15 is 0 Å². The second kappa shape index (κ2) is 5.66. The van der Waals surface area contributed by atoms with E-state index in [1.54, 1.807) is 0 Å². The Morgan fingerprint density at radius 3 is 2.43 bits per heavy atom. The monoisotopic (exact) mass is 190 g/mol. The van der Waals surface area contributed by atoms with Crippen LogP contribution in [-0.4, -0.2) is 0 Å². The quantitative estimate of drug-likeness (QED) is 0.683. The molecule has 1 aliphatic carbocycles. The van der Waals surface area contributed by atoms with Gasteiger partial charge in [0.1, 0.15) is 0 Å². The van der Waals surface area contributed by atoms with E-state index in [-0.39, 0.29) is 0 Å². The third-order valence-corrected chi connectivity index (χ3v) is 3.60. The van der Waals surface area contributed by atoms with Gasteiger partial charge < -0.3 is 0 Å². The smallest absolute Gasteiger partial charge is 0.0624 e. The highest BCUT2D eigenvalue weighted by Crippen LogP contribution is 2.42. The lowest BCUT2D eigenvalue weighted by Crippen LogP contribution is -2.14. The Balaban J connectivity index is 2.51. The third kappa shape index (κ3) is 2.48. The van der Waals surface area contributed by atoms with Gasteiger partial charge in [-0.2, -0.15) is 10.5 Å². The topological polar surface area (TPSA) is 47.6 Å². The summed E-state index contributed by atoms with van der Waals surface area (Å²) < 4.78 is 0. The fourth-order valence-electron chi connectivity index (χ4n) is 2.80. The first-order valence-corrected chi connectivity index (χ1v) is 5.57. The summed E-state index contributed by atoms with van der Waals surface area (Å²) in [5.74, 6) is 1.94. The van der Waals surface area contributed by atoms with Crippen molar-refractivity contribution in [2.75, 3.05) is 0 Å². The minimum atomic E-state index is 0.568. The van der Waals surface area contributed by atoms with Gasteiger partial charge >= 0.3 is 0 Å². The van der Waals surface area contributed by atoms with E-state index in [1.165, 1.54) is 19.3 Å². The average Bonchev–Trinajstić information content (AvgIpc) is 2.58. The lowest BCUT2D eigenvalue weighted by atomic mass is 9.83. The van der Waals surface area contributed by atoms with Gasteiger partial charge in [0, 0.05) is 12.8 Å². The molecule has 76 valence electrons. The van der Waals surface area contributed by atoms with Gasteiger partial charge in [0.25, 0.3) is 0 Å². The summed E-state index contributed by atoms with van der Waals surface area (Å²) in [6, 6.07) is 4.50. The molecule has 0 aromatic rings. The van der Waals surface area contributed by atoms with Crippen molar-refractivity contribution in [2.24, 2.45) is 17.8 Å². The Morgan fingerprint density at radius 2 is 1.86 bits per heavy atom. The molecule has 0 aromatic heterocycles. The fraction of sp³-hybridized carbons (Fsp3) is 0.833. The third-order valence-electron chi connectivity index (χ3n) is 3.60. The van der Waals surface area contributed by atoms with Crippen LogP contribution >= 0.6 is 0 Å². The van der Waals surface area contributed by atoms with Crippen LogP contribution in [0.1, 0.15) is 45.4 Å². The lowest BCUT2D eigenvalue weighted by Gasteiger charge is -2.20. The molecule has 0 aromatic carbocycles. The largest absolute Gasteiger partial charge is 0.198 e. The summed E-state index contributed by atoms with van der Waals surface area (Å²) in [6.45, 7) is 2.21. The van der Waals surface area contributed by atoms with Crippen molar-refractivity contribution in [3.05, 3.63) is 0 Å². The fourth-order valence-corrected chi connectivity index (χ4v) is 2.80. The maximum Gasteiger partial charge on any atom is 0.0624 e. The van der Waals surface area contributed by atoms with Crippen LogP contribution in [0.15, 0.2) is 0 Å². The van der Waals surface area contributed by atoms with Crippen molar-refractivity contribution in [1.82, 2.24) is 0 Å². The molecule has 3 unspecified atom stereocenters. The van der Waals surface area contributed by atoms with Gasteiger partial charge in [-0.25, -0.2) is 0 Å². The second-order valence-electron chi connectivity index (χ2n) is 4.23. The molecular weight excluding hydrogens is 172 g/mol. The first kappa shape index (κ1) is 11.1. The van der Waals surface area contributed by atoms with Gasteiger partial charge in [-0.3, -0.25) is 0 Å². The molecule has 2 heteroatoms. The van der Waals surface area contributed by atoms with Crippen molar-refractivity contribution in [2.45, 2.75) is 45.4 Å². The summed E-state index contributed by atoms with van der Waals surface area (Å²) in [5.41, 5.74) is 0. The molecule has 0 spiro atoms. The molecule has 1 aliphatic rings. The predicted molar refractivity (Wildman–Crippen MR) is 55.1 cm³/mol. The van der Waals surface area contributed by atoms with Gasteiger partial charge in [-0.05, 0) is 37.0 Å². The van der Waals surface area contributed by atoms with E-state index in [9.17, 15) is 0 Å². The van der Waals surface area contributed by atoms with Gasteiger partial charge in [-0.15, -0.1) is 0 Å². The zero-order valence-electron chi connectivity index (χ0n) is 8.87. The number of hydrogen-bond acceptors (Lipinski definition) is 2. The van der Waals surface area contributed by atoms with Gasteiger partial charge in [0.05, 0.1) is 12.1 Å². The minimum absolute atomic E-state index is 0.568. The Labute approximate surface area is 86.5 Å². The molecular formula is C12H18N2. The normalized spacial score (nSPS) is 30.9. The minimum Gasteiger partial charge on any atom is -0.198 e. The molecule has 3 atom stereocenters. The van der Waals surface area contributed by atoms with E-state index in [0.29, 0.717) is 24.7 Å². The van der Waals surface area contributed by atoms with Crippen LogP contribution < -0.4 is 0 Å². The van der Waals surface area contributed by atoms with Gasteiger partial charge in [0.2, 0.25) is 0 Å². The highest BCUT2D eigenvalue weighted by molar-refractivity contribution is 4.91. The van der Waals surface area contributed by atoms with E-state index in [4.69, 9.17) is 10.5 Å². The summed E-state index contributed by atoms with van der Waals surface area (Å²) in [4.78, 5) is 0. The van der Waals surface area contributed by atoms with Crippen molar-refractivity contribution >= 4 is 0 Å². The van der Waals surface area contributed by atoms with Crippen LogP contribution in [0.2, 0.25) is 0 Å². The Hall–Kier alpha value is -1.02. The lowest BCUT2D eigenvalue weighted by molar-refractivity contribution is 0.298. The first-order chi connectivity index (χ1) is 6.83. The predicted octanol–water partition coefficient (Wildman–Crippen LogP) is 3.26. The van der Waals surface area contributed by atoms with Gasteiger partial charge in [0.15, 0.2) is 0 Å². The summed E-state index contributed by atoms with van der Waals surface area (Å²) in [5, 5.41) is 17.3. The molecule has 2 nitrogen and oxygen atoms in total. The van der Waals surface area contributed by atoms with Crippen LogP contribution in [0.25, 0.3) is 0 Å². The van der Waals surface area contributed by atoms with Crippen LogP contribution in [-0.2, 0) is 0 Å². The van der Waals surface area contributed by atoms with Crippen molar-refractivity contribution in [1.29, 1.82) is 10.5 Å². The SMILES string of the molecule is CCC1CCC(CCC#N)C1CC#N. The van der Waals surface area contributed by atoms with Crippen LogP contribution in [0.4, 0.5) is 0 Å². The van der Waals surface area contributed by atoms with Gasteiger partial charge in [-0.1, -0.05) is 13.3 Å². The molecule has 0 amide bonds.